The number of aromatic amines is 1. The SMILES string of the molecule is CC(=O)OC[C@H]1O[C@H](n2cnc3c(=O)[nH]c(N)nc32)[C@H](OC(C)=O)[C@@H]1OC(C)=O. The summed E-state index contributed by atoms with van der Waals surface area (Å²) in [6.45, 7) is 3.30. The number of nitrogens with zero attached hydrogens (tertiary/aromatic N) is 3. The highest BCUT2D eigenvalue weighted by molar-refractivity contribution is 5.71. The van der Waals surface area contributed by atoms with E-state index >= 15 is 0 Å². The van der Waals surface area contributed by atoms with Crippen LogP contribution in [0.15, 0.2) is 11.1 Å². The van der Waals surface area contributed by atoms with E-state index in [9.17, 15) is 19.2 Å². The standard InChI is InChI=1S/C16H19N5O8/c1-6(22)26-4-9-11(27-7(2)23)12(28-8(3)24)15(29-9)21-5-18-10-13(21)19-16(17)20-14(10)25/h5,9,11-12,15H,4H2,1-3H3,(H3,17,19,20,25)/t9-,11-,12-,15+/m1/s1. The first kappa shape index (κ1) is 20.3. The number of anilines is 1. The molecule has 29 heavy (non-hydrogen) atoms. The van der Waals surface area contributed by atoms with Crippen molar-refractivity contribution in [2.24, 2.45) is 0 Å². The monoisotopic (exact) mass is 409 g/mol. The topological polar surface area (TPSA) is 178 Å². The average Bonchev–Trinajstić information content (AvgIpc) is 3.15. The molecule has 13 heteroatoms. The van der Waals surface area contributed by atoms with Crippen LogP contribution in [0.2, 0.25) is 0 Å². The number of aromatic nitrogens is 4. The lowest BCUT2D eigenvalue weighted by atomic mass is 10.1. The van der Waals surface area contributed by atoms with Gasteiger partial charge in [-0.15, -0.1) is 0 Å². The fraction of sp³-hybridized carbons (Fsp3) is 0.500. The Hall–Kier alpha value is -3.48. The first-order valence-electron chi connectivity index (χ1n) is 8.53. The maximum atomic E-state index is 12.0. The Kier molecular flexibility index (Phi) is 5.50. The Bertz CT molecular complexity index is 1010. The molecule has 156 valence electrons. The number of nitrogens with two attached hydrogens (primary N) is 1. The first-order chi connectivity index (χ1) is 13.7. The van der Waals surface area contributed by atoms with Gasteiger partial charge in [-0.25, -0.2) is 4.98 Å². The summed E-state index contributed by atoms with van der Waals surface area (Å²) in [5, 5.41) is 0. The van der Waals surface area contributed by atoms with Gasteiger partial charge in [0.1, 0.15) is 12.7 Å². The van der Waals surface area contributed by atoms with Crippen LogP contribution in [0, 0.1) is 0 Å². The lowest BCUT2D eigenvalue weighted by Gasteiger charge is -2.23. The Balaban J connectivity index is 2.05. The van der Waals surface area contributed by atoms with E-state index in [1.807, 2.05) is 0 Å². The second-order valence-corrected chi connectivity index (χ2v) is 6.29. The van der Waals surface area contributed by atoms with E-state index in [1.54, 1.807) is 0 Å². The highest BCUT2D eigenvalue weighted by Gasteiger charge is 2.51. The molecule has 1 aliphatic heterocycles. The molecule has 1 saturated heterocycles. The van der Waals surface area contributed by atoms with Gasteiger partial charge in [0.25, 0.3) is 5.56 Å². The van der Waals surface area contributed by atoms with Gasteiger partial charge in [0.2, 0.25) is 5.95 Å². The fourth-order valence-corrected chi connectivity index (χ4v) is 3.05. The molecule has 2 aromatic heterocycles. The van der Waals surface area contributed by atoms with E-state index < -0.39 is 48.0 Å². The lowest BCUT2D eigenvalue weighted by molar-refractivity contribution is -0.166. The predicted octanol–water partition coefficient (Wildman–Crippen LogP) is -0.974. The Morgan fingerprint density at radius 3 is 2.45 bits per heavy atom. The second kappa shape index (κ2) is 7.87. The van der Waals surface area contributed by atoms with Crippen molar-refractivity contribution < 1.29 is 33.3 Å². The third kappa shape index (κ3) is 4.18. The molecule has 0 aliphatic carbocycles. The molecule has 0 unspecified atom stereocenters. The summed E-state index contributed by atoms with van der Waals surface area (Å²) < 4.78 is 22.8. The van der Waals surface area contributed by atoms with E-state index in [4.69, 9.17) is 24.7 Å². The summed E-state index contributed by atoms with van der Waals surface area (Å²) in [5.74, 6) is -2.04. The van der Waals surface area contributed by atoms with E-state index in [-0.39, 0.29) is 23.7 Å². The van der Waals surface area contributed by atoms with Crippen molar-refractivity contribution in [2.45, 2.75) is 45.3 Å². The molecule has 0 radical (unpaired) electrons. The zero-order chi connectivity index (χ0) is 21.3. The molecular formula is C16H19N5O8. The number of carbonyl (C=O) groups is 3. The predicted molar refractivity (Wildman–Crippen MR) is 94.2 cm³/mol. The van der Waals surface area contributed by atoms with Crippen LogP contribution in [0.4, 0.5) is 5.95 Å². The normalized spacial score (nSPS) is 23.7. The molecule has 0 spiro atoms. The third-order valence-corrected chi connectivity index (χ3v) is 4.07. The van der Waals surface area contributed by atoms with Crippen LogP contribution in [0.3, 0.4) is 0 Å². The zero-order valence-corrected chi connectivity index (χ0v) is 15.8. The number of hydrogen-bond acceptors (Lipinski definition) is 11. The molecule has 0 saturated carbocycles. The molecule has 1 aliphatic rings. The number of hydrogen-bond donors (Lipinski definition) is 2. The summed E-state index contributed by atoms with van der Waals surface area (Å²) >= 11 is 0. The number of ether oxygens (including phenoxy) is 4. The Labute approximate surface area is 163 Å². The van der Waals surface area contributed by atoms with Gasteiger partial charge in [-0.2, -0.15) is 4.98 Å². The minimum atomic E-state index is -1.13. The van der Waals surface area contributed by atoms with Gasteiger partial charge < -0.3 is 24.7 Å². The fourth-order valence-electron chi connectivity index (χ4n) is 3.05. The van der Waals surface area contributed by atoms with Crippen LogP contribution < -0.4 is 11.3 Å². The zero-order valence-electron chi connectivity index (χ0n) is 15.8. The van der Waals surface area contributed by atoms with Crippen molar-refractivity contribution in [1.29, 1.82) is 0 Å². The molecule has 2 aromatic rings. The van der Waals surface area contributed by atoms with Gasteiger partial charge in [-0.05, 0) is 0 Å². The van der Waals surface area contributed by atoms with E-state index in [0.29, 0.717) is 0 Å². The molecule has 3 heterocycles. The van der Waals surface area contributed by atoms with Gasteiger partial charge in [-0.3, -0.25) is 28.7 Å². The number of H-pyrrole nitrogens is 1. The van der Waals surface area contributed by atoms with Crippen LogP contribution in [0.25, 0.3) is 11.2 Å². The van der Waals surface area contributed by atoms with Crippen LogP contribution in [-0.2, 0) is 33.3 Å². The van der Waals surface area contributed by atoms with Crippen molar-refractivity contribution in [3.63, 3.8) is 0 Å². The molecule has 0 aromatic carbocycles. The maximum Gasteiger partial charge on any atom is 0.303 e. The van der Waals surface area contributed by atoms with Gasteiger partial charge in [-0.1, -0.05) is 0 Å². The molecule has 13 nitrogen and oxygen atoms in total. The van der Waals surface area contributed by atoms with E-state index in [0.717, 1.165) is 0 Å². The molecule has 0 amide bonds. The van der Waals surface area contributed by atoms with Crippen LogP contribution >= 0.6 is 0 Å². The average molecular weight is 409 g/mol. The number of fused-ring (bicyclic) bond motifs is 1. The van der Waals surface area contributed by atoms with Crippen molar-refractivity contribution in [3.05, 3.63) is 16.7 Å². The number of imidazole rings is 1. The maximum absolute atomic E-state index is 12.0. The molecule has 1 fully saturated rings. The summed E-state index contributed by atoms with van der Waals surface area (Å²) in [4.78, 5) is 56.9. The molecule has 3 N–H and O–H groups in total. The van der Waals surface area contributed by atoms with Gasteiger partial charge >= 0.3 is 17.9 Å². The number of carbonyl (C=O) groups excluding carboxylic acids is 3. The largest absolute Gasteiger partial charge is 0.463 e. The van der Waals surface area contributed by atoms with Crippen molar-refractivity contribution >= 4 is 35.0 Å². The Morgan fingerprint density at radius 1 is 1.17 bits per heavy atom. The summed E-state index contributed by atoms with van der Waals surface area (Å²) in [5.41, 5.74) is 5.09. The van der Waals surface area contributed by atoms with E-state index in [1.165, 1.54) is 31.7 Å². The molecule has 4 atom stereocenters. The molecule has 3 rings (SSSR count). The minimum absolute atomic E-state index is 0.0168. The lowest BCUT2D eigenvalue weighted by Crippen LogP contribution is -2.40. The van der Waals surface area contributed by atoms with Gasteiger partial charge in [0, 0.05) is 20.8 Å². The summed E-state index contributed by atoms with van der Waals surface area (Å²) in [6.07, 6.45) is -2.99. The highest BCUT2D eigenvalue weighted by atomic mass is 16.7. The third-order valence-electron chi connectivity index (χ3n) is 4.07. The number of esters is 3. The van der Waals surface area contributed by atoms with Crippen molar-refractivity contribution in [1.82, 2.24) is 19.5 Å². The van der Waals surface area contributed by atoms with E-state index in [2.05, 4.69) is 15.0 Å². The van der Waals surface area contributed by atoms with Gasteiger partial charge in [0.15, 0.2) is 29.6 Å². The quantitative estimate of drug-likeness (QED) is 0.458. The van der Waals surface area contributed by atoms with Crippen LogP contribution in [-0.4, -0.2) is 62.3 Å². The first-order valence-corrected chi connectivity index (χ1v) is 8.53. The Morgan fingerprint density at radius 2 is 1.83 bits per heavy atom. The smallest absolute Gasteiger partial charge is 0.303 e. The minimum Gasteiger partial charge on any atom is -0.463 e. The van der Waals surface area contributed by atoms with Crippen molar-refractivity contribution in [2.75, 3.05) is 12.3 Å². The molecule has 0 bridgehead atoms. The number of nitrogens with one attached hydrogen (secondary N) is 1. The van der Waals surface area contributed by atoms with Crippen molar-refractivity contribution in [3.8, 4) is 0 Å². The highest BCUT2D eigenvalue weighted by Crippen LogP contribution is 2.35. The molecular weight excluding hydrogens is 390 g/mol. The summed E-state index contributed by atoms with van der Waals surface area (Å²) in [7, 11) is 0. The summed E-state index contributed by atoms with van der Waals surface area (Å²) in [6, 6.07) is 0. The number of rotatable bonds is 5. The van der Waals surface area contributed by atoms with Crippen LogP contribution in [0.1, 0.15) is 27.0 Å². The van der Waals surface area contributed by atoms with Crippen LogP contribution in [0.5, 0.6) is 0 Å². The van der Waals surface area contributed by atoms with Gasteiger partial charge in [0.05, 0.1) is 6.33 Å². The second-order valence-electron chi connectivity index (χ2n) is 6.29. The number of nitrogen functional groups attached to an aromatic ring is 1.